The van der Waals surface area contributed by atoms with Crippen LogP contribution in [0.25, 0.3) is 0 Å². The first kappa shape index (κ1) is 22.1. The monoisotopic (exact) mass is 477 g/mol. The number of aliphatic hydroxyl groups excluding tert-OH is 1. The van der Waals surface area contributed by atoms with E-state index in [1.165, 1.54) is 6.07 Å². The molecule has 1 saturated carbocycles. The third kappa shape index (κ3) is 3.11. The first-order chi connectivity index (χ1) is 15.4. The highest BCUT2D eigenvalue weighted by atomic mass is 35.5. The molecule has 32 heavy (non-hydrogen) atoms. The molecule has 2 aromatic carbocycles. The van der Waals surface area contributed by atoms with Gasteiger partial charge in [-0.15, -0.1) is 0 Å². The van der Waals surface area contributed by atoms with E-state index in [2.05, 4.69) is 5.32 Å². The molecule has 2 aromatic rings. The molecule has 0 aromatic heterocycles. The minimum Gasteiger partial charge on any atom is -0.395 e. The lowest BCUT2D eigenvalue weighted by atomic mass is 9.73. The number of amides is 1. The molecule has 0 radical (unpaired) electrons. The molecule has 2 fully saturated rings. The molecule has 4 atom stereocenters. The van der Waals surface area contributed by atoms with Gasteiger partial charge in [0.2, 0.25) is 5.91 Å². The van der Waals surface area contributed by atoms with Crippen LogP contribution in [0.2, 0.25) is 10.0 Å². The molecule has 2 heterocycles. The highest BCUT2D eigenvalue weighted by Crippen LogP contribution is 2.57. The summed E-state index contributed by atoms with van der Waals surface area (Å²) in [7, 11) is 0. The minimum atomic E-state index is -1.26. The van der Waals surface area contributed by atoms with Crippen molar-refractivity contribution in [3.8, 4) is 0 Å². The molecule has 5 rings (SSSR count). The van der Waals surface area contributed by atoms with Crippen molar-refractivity contribution in [3.63, 3.8) is 0 Å². The fourth-order valence-electron chi connectivity index (χ4n) is 6.20. The van der Waals surface area contributed by atoms with Crippen LogP contribution in [0.1, 0.15) is 42.7 Å². The van der Waals surface area contributed by atoms with Gasteiger partial charge in [0, 0.05) is 40.8 Å². The van der Waals surface area contributed by atoms with Crippen LogP contribution in [-0.4, -0.2) is 41.1 Å². The Kier molecular flexibility index (Phi) is 5.71. The van der Waals surface area contributed by atoms with Crippen molar-refractivity contribution in [3.05, 3.63) is 63.4 Å². The molecule has 4 N–H and O–H groups in total. The predicted molar refractivity (Wildman–Crippen MR) is 123 cm³/mol. The molecule has 0 unspecified atom stereocenters. The summed E-state index contributed by atoms with van der Waals surface area (Å²) in [6.45, 7) is 0.373. The molecule has 2 aliphatic heterocycles. The van der Waals surface area contributed by atoms with E-state index in [0.717, 1.165) is 25.7 Å². The summed E-state index contributed by atoms with van der Waals surface area (Å²) in [6, 6.07) is 8.87. The van der Waals surface area contributed by atoms with Crippen LogP contribution < -0.4 is 11.1 Å². The number of hydrogen-bond acceptors (Lipinski definition) is 4. The molecule has 1 aliphatic carbocycles. The van der Waals surface area contributed by atoms with Crippen LogP contribution in [0, 0.1) is 11.7 Å². The van der Waals surface area contributed by atoms with Crippen LogP contribution in [0.4, 0.5) is 10.1 Å². The van der Waals surface area contributed by atoms with E-state index in [9.17, 15) is 9.90 Å². The first-order valence-corrected chi connectivity index (χ1v) is 11.8. The highest BCUT2D eigenvalue weighted by Gasteiger charge is 2.66. The Labute approximate surface area is 196 Å². The maximum absolute atomic E-state index is 15.4. The molecular weight excluding hydrogens is 452 g/mol. The van der Waals surface area contributed by atoms with Crippen molar-refractivity contribution in [2.24, 2.45) is 11.7 Å². The Hall–Kier alpha value is -1.70. The lowest BCUT2D eigenvalue weighted by Gasteiger charge is -2.40. The average Bonchev–Trinajstić information content (AvgIpc) is 3.43. The second-order valence-electron chi connectivity index (χ2n) is 9.16. The zero-order chi connectivity index (χ0) is 22.6. The Morgan fingerprint density at radius 1 is 1.22 bits per heavy atom. The van der Waals surface area contributed by atoms with Gasteiger partial charge in [-0.25, -0.2) is 4.39 Å². The summed E-state index contributed by atoms with van der Waals surface area (Å²) >= 11 is 12.4. The summed E-state index contributed by atoms with van der Waals surface area (Å²) in [4.78, 5) is 15.9. The number of carbonyl (C=O) groups excluding carboxylic acids is 1. The molecule has 1 spiro atoms. The number of fused-ring (bicyclic) bond motifs is 2. The molecular formula is C24H26Cl2FN3O2. The van der Waals surface area contributed by atoms with E-state index in [4.69, 9.17) is 28.9 Å². The Bertz CT molecular complexity index is 1060. The Morgan fingerprint density at radius 3 is 2.69 bits per heavy atom. The highest BCUT2D eigenvalue weighted by molar-refractivity contribution is 6.31. The lowest BCUT2D eigenvalue weighted by Crippen LogP contribution is -2.54. The van der Waals surface area contributed by atoms with Gasteiger partial charge < -0.3 is 16.2 Å². The van der Waals surface area contributed by atoms with Gasteiger partial charge in [-0.2, -0.15) is 0 Å². The summed E-state index contributed by atoms with van der Waals surface area (Å²) in [5, 5.41) is 13.8. The SMILES string of the molecule is N[C@@H]1[C@H](CO)N(CC2CCCC2)[C@@]2(C(=O)Nc3cc(Cl)ccc32)[C@H]1c1cccc(Cl)c1F. The maximum atomic E-state index is 15.4. The van der Waals surface area contributed by atoms with Crippen molar-refractivity contribution < 1.29 is 14.3 Å². The molecule has 8 heteroatoms. The number of nitrogens with one attached hydrogen (secondary N) is 1. The van der Waals surface area contributed by atoms with Crippen molar-refractivity contribution in [2.45, 2.75) is 49.2 Å². The maximum Gasteiger partial charge on any atom is 0.250 e. The summed E-state index contributed by atoms with van der Waals surface area (Å²) in [5.41, 5.74) is 7.06. The van der Waals surface area contributed by atoms with Gasteiger partial charge in [-0.3, -0.25) is 9.69 Å². The van der Waals surface area contributed by atoms with Gasteiger partial charge in [0.05, 0.1) is 11.6 Å². The van der Waals surface area contributed by atoms with Crippen LogP contribution in [0.15, 0.2) is 36.4 Å². The van der Waals surface area contributed by atoms with Crippen molar-refractivity contribution in [1.82, 2.24) is 4.90 Å². The molecule has 1 saturated heterocycles. The molecule has 170 valence electrons. The lowest BCUT2D eigenvalue weighted by molar-refractivity contribution is -0.128. The van der Waals surface area contributed by atoms with Gasteiger partial charge in [0.1, 0.15) is 11.4 Å². The Morgan fingerprint density at radius 2 is 1.97 bits per heavy atom. The molecule has 5 nitrogen and oxygen atoms in total. The fourth-order valence-corrected chi connectivity index (χ4v) is 6.55. The minimum absolute atomic E-state index is 0.0191. The normalized spacial score (nSPS) is 30.3. The summed E-state index contributed by atoms with van der Waals surface area (Å²) in [6.07, 6.45) is 4.41. The zero-order valence-corrected chi connectivity index (χ0v) is 19.0. The van der Waals surface area contributed by atoms with Crippen molar-refractivity contribution in [2.75, 3.05) is 18.5 Å². The van der Waals surface area contributed by atoms with Crippen molar-refractivity contribution >= 4 is 34.8 Å². The van der Waals surface area contributed by atoms with E-state index in [1.54, 1.807) is 24.3 Å². The number of rotatable bonds is 4. The fraction of sp³-hybridized carbons (Fsp3) is 0.458. The van der Waals surface area contributed by atoms with E-state index in [0.29, 0.717) is 28.7 Å². The van der Waals surface area contributed by atoms with Crippen LogP contribution in [-0.2, 0) is 10.3 Å². The zero-order valence-electron chi connectivity index (χ0n) is 17.5. The standard InChI is InChI=1S/C24H26Cl2FN3O2/c25-14-8-9-16-18(10-14)29-23(32)24(16)20(15-6-3-7-17(26)21(15)27)22(28)19(12-31)30(24)11-13-4-1-2-5-13/h3,6-10,13,19-20,22,31H,1-2,4-5,11-12,28H2,(H,29,32)/t19-,20-,22+,24+/m0/s1. The number of nitrogens with zero attached hydrogens (tertiary/aromatic N) is 1. The van der Waals surface area contributed by atoms with E-state index < -0.39 is 29.4 Å². The number of carbonyl (C=O) groups is 1. The second kappa shape index (κ2) is 8.26. The molecule has 3 aliphatic rings. The van der Waals surface area contributed by atoms with Gasteiger partial charge in [-0.1, -0.05) is 54.2 Å². The van der Waals surface area contributed by atoms with E-state index >= 15 is 4.39 Å². The quantitative estimate of drug-likeness (QED) is 0.614. The number of likely N-dealkylation sites (tertiary alicyclic amines) is 1. The predicted octanol–water partition coefficient (Wildman–Crippen LogP) is 4.26. The summed E-state index contributed by atoms with van der Waals surface area (Å²) in [5.74, 6) is -1.20. The van der Waals surface area contributed by atoms with Gasteiger partial charge >= 0.3 is 0 Å². The Balaban J connectivity index is 1.76. The number of benzene rings is 2. The number of anilines is 1. The topological polar surface area (TPSA) is 78.6 Å². The molecule has 0 bridgehead atoms. The van der Waals surface area contributed by atoms with Crippen molar-refractivity contribution in [1.29, 1.82) is 0 Å². The number of halogens is 3. The third-order valence-electron chi connectivity index (χ3n) is 7.55. The van der Waals surface area contributed by atoms with Crippen LogP contribution in [0.3, 0.4) is 0 Å². The summed E-state index contributed by atoms with van der Waals surface area (Å²) < 4.78 is 15.4. The van der Waals surface area contributed by atoms with E-state index in [1.807, 2.05) is 11.0 Å². The number of hydrogen-bond donors (Lipinski definition) is 3. The van der Waals surface area contributed by atoms with Crippen LogP contribution in [0.5, 0.6) is 0 Å². The molecule has 1 amide bonds. The number of aliphatic hydroxyl groups is 1. The largest absolute Gasteiger partial charge is 0.395 e. The van der Waals surface area contributed by atoms with Gasteiger partial charge in [-0.05, 0) is 42.5 Å². The average molecular weight is 478 g/mol. The van der Waals surface area contributed by atoms with Gasteiger partial charge in [0.25, 0.3) is 0 Å². The third-order valence-corrected chi connectivity index (χ3v) is 8.08. The second-order valence-corrected chi connectivity index (χ2v) is 10.0. The smallest absolute Gasteiger partial charge is 0.250 e. The first-order valence-electron chi connectivity index (χ1n) is 11.1. The van der Waals surface area contributed by atoms with Gasteiger partial charge in [0.15, 0.2) is 0 Å². The number of nitrogens with two attached hydrogens (primary N) is 1. The van der Waals surface area contributed by atoms with E-state index in [-0.39, 0.29) is 23.1 Å². The van der Waals surface area contributed by atoms with Crippen LogP contribution >= 0.6 is 23.2 Å².